The summed E-state index contributed by atoms with van der Waals surface area (Å²) in [5, 5.41) is 12.4. The predicted octanol–water partition coefficient (Wildman–Crippen LogP) is 4.14. The number of carbonyl (C=O) groups excluding carboxylic acids is 2. The van der Waals surface area contributed by atoms with Crippen LogP contribution in [0.4, 0.5) is 5.13 Å². The van der Waals surface area contributed by atoms with Crippen LogP contribution in [0.1, 0.15) is 31.4 Å². The van der Waals surface area contributed by atoms with Crippen molar-refractivity contribution in [3.8, 4) is 10.6 Å². The second kappa shape index (κ2) is 8.75. The monoisotopic (exact) mass is 420 g/mol. The van der Waals surface area contributed by atoms with Gasteiger partial charge in [-0.25, -0.2) is 0 Å². The molecule has 154 valence electrons. The molecular weight excluding hydrogens is 396 g/mol. The Labute approximate surface area is 180 Å². The van der Waals surface area contributed by atoms with Gasteiger partial charge in [-0.1, -0.05) is 79.8 Å². The molecule has 0 radical (unpaired) electrons. The molecule has 1 atom stereocenters. The summed E-state index contributed by atoms with van der Waals surface area (Å²) in [6, 6.07) is 17.2. The summed E-state index contributed by atoms with van der Waals surface area (Å²) in [7, 11) is 0. The van der Waals surface area contributed by atoms with Gasteiger partial charge in [-0.3, -0.25) is 14.9 Å². The van der Waals surface area contributed by atoms with E-state index in [9.17, 15) is 9.59 Å². The molecule has 2 heterocycles. The first-order valence-electron chi connectivity index (χ1n) is 10.1. The van der Waals surface area contributed by atoms with E-state index < -0.39 is 6.04 Å². The fraction of sp³-hybridized carbons (Fsp3) is 0.304. The van der Waals surface area contributed by atoms with Crippen molar-refractivity contribution in [1.82, 2.24) is 15.1 Å². The van der Waals surface area contributed by atoms with Gasteiger partial charge in [0, 0.05) is 24.9 Å². The van der Waals surface area contributed by atoms with E-state index >= 15 is 0 Å². The maximum atomic E-state index is 13.2. The molecule has 1 aliphatic heterocycles. The third-order valence-corrected chi connectivity index (χ3v) is 6.02. The topological polar surface area (TPSA) is 75.2 Å². The molecule has 0 aliphatic carbocycles. The van der Waals surface area contributed by atoms with Crippen LogP contribution in [0, 0.1) is 5.92 Å². The molecule has 1 N–H and O–H groups in total. The van der Waals surface area contributed by atoms with E-state index in [2.05, 4.69) is 15.5 Å². The van der Waals surface area contributed by atoms with Gasteiger partial charge < -0.3 is 4.90 Å². The standard InChI is InChI=1S/C23H24N4O2S/c1-15(2)12-20(28)27-14-18-11-7-6-10-17(18)13-19(27)21(29)24-23-26-25-22(30-23)16-8-4-3-5-9-16/h3-11,15,19H,12-14H2,1-2H3,(H,24,26,29). The Morgan fingerprint density at radius 2 is 1.77 bits per heavy atom. The van der Waals surface area contributed by atoms with Crippen LogP contribution in [-0.4, -0.2) is 33.0 Å². The minimum absolute atomic E-state index is 0.00175. The average molecular weight is 421 g/mol. The number of hydrogen-bond donors (Lipinski definition) is 1. The van der Waals surface area contributed by atoms with Gasteiger partial charge in [0.1, 0.15) is 11.0 Å². The Bertz CT molecular complexity index is 1050. The van der Waals surface area contributed by atoms with E-state index in [0.29, 0.717) is 24.5 Å². The molecule has 30 heavy (non-hydrogen) atoms. The molecule has 1 aromatic heterocycles. The zero-order chi connectivity index (χ0) is 21.1. The summed E-state index contributed by atoms with van der Waals surface area (Å²) < 4.78 is 0. The second-order valence-corrected chi connectivity index (χ2v) is 8.85. The Balaban J connectivity index is 1.55. The maximum absolute atomic E-state index is 13.2. The van der Waals surface area contributed by atoms with Crippen LogP contribution in [-0.2, 0) is 22.6 Å². The lowest BCUT2D eigenvalue weighted by atomic mass is 9.92. The highest BCUT2D eigenvalue weighted by Gasteiger charge is 2.35. The van der Waals surface area contributed by atoms with Crippen LogP contribution in [0.15, 0.2) is 54.6 Å². The molecule has 0 saturated heterocycles. The molecule has 1 aliphatic rings. The average Bonchev–Trinajstić information content (AvgIpc) is 3.21. The Hall–Kier alpha value is -3.06. The highest BCUT2D eigenvalue weighted by Crippen LogP contribution is 2.28. The second-order valence-electron chi connectivity index (χ2n) is 7.88. The molecule has 0 saturated carbocycles. The molecule has 6 nitrogen and oxygen atoms in total. The van der Waals surface area contributed by atoms with Crippen molar-refractivity contribution < 1.29 is 9.59 Å². The van der Waals surface area contributed by atoms with Gasteiger partial charge >= 0.3 is 0 Å². The lowest BCUT2D eigenvalue weighted by molar-refractivity contribution is -0.140. The van der Waals surface area contributed by atoms with Gasteiger partial charge in [-0.15, -0.1) is 10.2 Å². The van der Waals surface area contributed by atoms with Crippen LogP contribution in [0.25, 0.3) is 10.6 Å². The number of aromatic nitrogens is 2. The molecule has 0 spiro atoms. The van der Waals surface area contributed by atoms with Crippen molar-refractivity contribution in [2.24, 2.45) is 5.92 Å². The molecule has 1 unspecified atom stereocenters. The van der Waals surface area contributed by atoms with Crippen molar-refractivity contribution in [1.29, 1.82) is 0 Å². The summed E-state index contributed by atoms with van der Waals surface area (Å²) in [4.78, 5) is 27.8. The van der Waals surface area contributed by atoms with Crippen molar-refractivity contribution >= 4 is 28.3 Å². The Morgan fingerprint density at radius 3 is 2.50 bits per heavy atom. The van der Waals surface area contributed by atoms with E-state index in [1.54, 1.807) is 4.90 Å². The van der Waals surface area contributed by atoms with E-state index in [1.807, 2.05) is 68.4 Å². The van der Waals surface area contributed by atoms with Crippen LogP contribution >= 0.6 is 11.3 Å². The predicted molar refractivity (Wildman–Crippen MR) is 118 cm³/mol. The van der Waals surface area contributed by atoms with Crippen LogP contribution in [0.3, 0.4) is 0 Å². The molecular formula is C23H24N4O2S. The molecule has 2 amide bonds. The van der Waals surface area contributed by atoms with Crippen LogP contribution < -0.4 is 5.32 Å². The molecule has 0 fully saturated rings. The number of nitrogens with zero attached hydrogens (tertiary/aromatic N) is 3. The van der Waals surface area contributed by atoms with E-state index in [4.69, 9.17) is 0 Å². The number of anilines is 1. The molecule has 2 aromatic carbocycles. The van der Waals surface area contributed by atoms with E-state index in [-0.39, 0.29) is 17.7 Å². The summed E-state index contributed by atoms with van der Waals surface area (Å²) >= 11 is 1.33. The highest BCUT2D eigenvalue weighted by atomic mass is 32.1. The number of carbonyl (C=O) groups is 2. The summed E-state index contributed by atoms with van der Waals surface area (Å²) in [6.07, 6.45) is 0.916. The lowest BCUT2D eigenvalue weighted by Crippen LogP contribution is -2.50. The van der Waals surface area contributed by atoms with Gasteiger partial charge in [-0.05, 0) is 17.0 Å². The van der Waals surface area contributed by atoms with Crippen molar-refractivity contribution in [2.75, 3.05) is 5.32 Å². The molecule has 3 aromatic rings. The maximum Gasteiger partial charge on any atom is 0.249 e. The Morgan fingerprint density at radius 1 is 1.07 bits per heavy atom. The first-order valence-corrected chi connectivity index (χ1v) is 10.9. The largest absolute Gasteiger partial charge is 0.326 e. The van der Waals surface area contributed by atoms with Crippen molar-refractivity contribution in [3.05, 3.63) is 65.7 Å². The SMILES string of the molecule is CC(C)CC(=O)N1Cc2ccccc2CC1C(=O)Nc1nnc(-c2ccccc2)s1. The molecule has 7 heteroatoms. The quantitative estimate of drug-likeness (QED) is 0.673. The third-order valence-electron chi connectivity index (χ3n) is 5.13. The summed E-state index contributed by atoms with van der Waals surface area (Å²) in [5.41, 5.74) is 3.16. The van der Waals surface area contributed by atoms with Gasteiger partial charge in [-0.2, -0.15) is 0 Å². The minimum atomic E-state index is -0.560. The zero-order valence-electron chi connectivity index (χ0n) is 17.0. The van der Waals surface area contributed by atoms with Crippen molar-refractivity contribution in [2.45, 2.75) is 39.3 Å². The third kappa shape index (κ3) is 4.41. The first kappa shape index (κ1) is 20.2. The number of rotatable bonds is 5. The van der Waals surface area contributed by atoms with E-state index in [0.717, 1.165) is 21.7 Å². The Kier molecular flexibility index (Phi) is 5.90. The van der Waals surface area contributed by atoms with Crippen LogP contribution in [0.2, 0.25) is 0 Å². The molecule has 4 rings (SSSR count). The van der Waals surface area contributed by atoms with Gasteiger partial charge in [0.15, 0.2) is 0 Å². The normalized spacial score (nSPS) is 15.7. The number of amides is 2. The van der Waals surface area contributed by atoms with Gasteiger partial charge in [0.2, 0.25) is 16.9 Å². The van der Waals surface area contributed by atoms with E-state index in [1.165, 1.54) is 11.3 Å². The highest BCUT2D eigenvalue weighted by molar-refractivity contribution is 7.18. The number of fused-ring (bicyclic) bond motifs is 1. The fourth-order valence-electron chi connectivity index (χ4n) is 3.65. The summed E-state index contributed by atoms with van der Waals surface area (Å²) in [5.74, 6) is 0.00855. The van der Waals surface area contributed by atoms with Gasteiger partial charge in [0.05, 0.1) is 0 Å². The first-order chi connectivity index (χ1) is 14.5. The van der Waals surface area contributed by atoms with Crippen molar-refractivity contribution in [3.63, 3.8) is 0 Å². The number of hydrogen-bond acceptors (Lipinski definition) is 5. The minimum Gasteiger partial charge on any atom is -0.326 e. The van der Waals surface area contributed by atoms with Gasteiger partial charge in [0.25, 0.3) is 0 Å². The fourth-order valence-corrected chi connectivity index (χ4v) is 4.40. The number of nitrogens with one attached hydrogen (secondary N) is 1. The summed E-state index contributed by atoms with van der Waals surface area (Å²) in [6.45, 7) is 4.47. The number of benzene rings is 2. The zero-order valence-corrected chi connectivity index (χ0v) is 17.9. The molecule has 0 bridgehead atoms. The lowest BCUT2D eigenvalue weighted by Gasteiger charge is -2.36. The van der Waals surface area contributed by atoms with Crippen LogP contribution in [0.5, 0.6) is 0 Å². The smallest absolute Gasteiger partial charge is 0.249 e.